The Bertz CT molecular complexity index is 950. The van der Waals surface area contributed by atoms with Gasteiger partial charge in [-0.3, -0.25) is 9.52 Å². The third-order valence-electron chi connectivity index (χ3n) is 5.13. The monoisotopic (exact) mass is 420 g/mol. The first kappa shape index (κ1) is 20.7. The number of benzene rings is 2. The topological polar surface area (TPSA) is 66.5 Å². The number of nitrogens with zero attached hydrogens (tertiary/aromatic N) is 1. The van der Waals surface area contributed by atoms with Gasteiger partial charge in [0.05, 0.1) is 16.1 Å². The van der Waals surface area contributed by atoms with Crippen molar-refractivity contribution < 1.29 is 13.2 Å². The number of rotatable bonds is 5. The summed E-state index contributed by atoms with van der Waals surface area (Å²) in [6.07, 6.45) is 6.04. The first-order chi connectivity index (χ1) is 13.3. The second-order valence-corrected chi connectivity index (χ2v) is 9.52. The lowest BCUT2D eigenvalue weighted by Crippen LogP contribution is -2.24. The molecule has 5 nitrogen and oxygen atoms in total. The highest BCUT2D eigenvalue weighted by Crippen LogP contribution is 2.33. The maximum Gasteiger partial charge on any atom is 0.261 e. The van der Waals surface area contributed by atoms with Gasteiger partial charge in [0.25, 0.3) is 15.9 Å². The van der Waals surface area contributed by atoms with Gasteiger partial charge in [-0.15, -0.1) is 0 Å². The minimum atomic E-state index is -3.84. The van der Waals surface area contributed by atoms with Gasteiger partial charge < -0.3 is 4.90 Å². The molecule has 1 fully saturated rings. The molecule has 0 radical (unpaired) electrons. The molecule has 0 bridgehead atoms. The molecule has 0 atom stereocenters. The highest BCUT2D eigenvalue weighted by Gasteiger charge is 2.21. The predicted molar refractivity (Wildman–Crippen MR) is 113 cm³/mol. The summed E-state index contributed by atoms with van der Waals surface area (Å²) in [5.74, 6) is 0.206. The molecule has 2 aromatic carbocycles. The summed E-state index contributed by atoms with van der Waals surface area (Å²) >= 11 is 6.02. The van der Waals surface area contributed by atoms with Crippen LogP contribution in [0.5, 0.6) is 0 Å². The van der Waals surface area contributed by atoms with Crippen molar-refractivity contribution in [2.45, 2.75) is 42.9 Å². The molecule has 1 N–H and O–H groups in total. The van der Waals surface area contributed by atoms with Crippen molar-refractivity contribution in [2.75, 3.05) is 18.8 Å². The lowest BCUT2D eigenvalue weighted by molar-refractivity contribution is 0.0828. The zero-order valence-corrected chi connectivity index (χ0v) is 17.7. The molecule has 0 heterocycles. The number of amides is 1. The van der Waals surface area contributed by atoms with Gasteiger partial charge in [0.1, 0.15) is 0 Å². The number of hydrogen-bond donors (Lipinski definition) is 1. The van der Waals surface area contributed by atoms with Crippen LogP contribution >= 0.6 is 11.6 Å². The van der Waals surface area contributed by atoms with E-state index in [1.807, 2.05) is 12.1 Å². The molecule has 0 unspecified atom stereocenters. The summed E-state index contributed by atoms with van der Waals surface area (Å²) in [6.45, 7) is 0. The zero-order chi connectivity index (χ0) is 20.3. The van der Waals surface area contributed by atoms with Gasteiger partial charge in [-0.25, -0.2) is 8.42 Å². The molecular weight excluding hydrogens is 396 g/mol. The van der Waals surface area contributed by atoms with E-state index < -0.39 is 10.0 Å². The average molecular weight is 421 g/mol. The maximum atomic E-state index is 12.9. The van der Waals surface area contributed by atoms with Gasteiger partial charge in [-0.05, 0) is 54.7 Å². The number of carbonyl (C=O) groups is 1. The number of anilines is 1. The Morgan fingerprint density at radius 1 is 1.04 bits per heavy atom. The SMILES string of the molecule is CN(C)C(=O)c1ccc(Cl)cc1NS(=O)(=O)c1ccc(C2CCCCC2)cc1. The van der Waals surface area contributed by atoms with Gasteiger partial charge in [0.15, 0.2) is 0 Å². The lowest BCUT2D eigenvalue weighted by atomic mass is 9.84. The van der Waals surface area contributed by atoms with E-state index in [2.05, 4.69) is 4.72 Å². The molecule has 1 amide bonds. The van der Waals surface area contributed by atoms with Crippen LogP contribution in [0.2, 0.25) is 5.02 Å². The van der Waals surface area contributed by atoms with E-state index in [1.165, 1.54) is 41.9 Å². The van der Waals surface area contributed by atoms with Crippen molar-refractivity contribution in [3.8, 4) is 0 Å². The summed E-state index contributed by atoms with van der Waals surface area (Å²) in [5, 5.41) is 0.348. The Labute approximate surface area is 171 Å². The summed E-state index contributed by atoms with van der Waals surface area (Å²) in [7, 11) is -0.618. The van der Waals surface area contributed by atoms with Crippen LogP contribution in [0.3, 0.4) is 0 Å². The maximum absolute atomic E-state index is 12.9. The van der Waals surface area contributed by atoms with Crippen molar-refractivity contribution in [2.24, 2.45) is 0 Å². The Morgan fingerprint density at radius 2 is 1.68 bits per heavy atom. The second-order valence-electron chi connectivity index (χ2n) is 7.40. The van der Waals surface area contributed by atoms with Crippen LogP contribution in [-0.2, 0) is 10.0 Å². The van der Waals surface area contributed by atoms with Crippen molar-refractivity contribution in [1.82, 2.24) is 4.90 Å². The van der Waals surface area contributed by atoms with Crippen LogP contribution in [0.15, 0.2) is 47.4 Å². The van der Waals surface area contributed by atoms with E-state index in [1.54, 1.807) is 32.3 Å². The first-order valence-electron chi connectivity index (χ1n) is 9.42. The van der Waals surface area contributed by atoms with Crippen LogP contribution in [0.25, 0.3) is 0 Å². The minimum absolute atomic E-state index is 0.162. The Hall–Kier alpha value is -2.05. The number of carbonyl (C=O) groups excluding carboxylic acids is 1. The predicted octanol–water partition coefficient (Wildman–Crippen LogP) is 4.89. The molecule has 1 saturated carbocycles. The summed E-state index contributed by atoms with van der Waals surface area (Å²) in [5.41, 5.74) is 1.60. The Balaban J connectivity index is 1.86. The Kier molecular flexibility index (Phi) is 6.30. The van der Waals surface area contributed by atoms with Crippen LogP contribution in [0.4, 0.5) is 5.69 Å². The van der Waals surface area contributed by atoms with Gasteiger partial charge in [-0.2, -0.15) is 0 Å². The molecule has 2 aromatic rings. The van der Waals surface area contributed by atoms with E-state index in [4.69, 9.17) is 11.6 Å². The minimum Gasteiger partial charge on any atom is -0.345 e. The molecular formula is C21H25ClN2O3S. The fraction of sp³-hybridized carbons (Fsp3) is 0.381. The van der Waals surface area contributed by atoms with Crippen molar-refractivity contribution >= 4 is 33.2 Å². The van der Waals surface area contributed by atoms with E-state index in [-0.39, 0.29) is 22.1 Å². The largest absolute Gasteiger partial charge is 0.345 e. The van der Waals surface area contributed by atoms with Gasteiger partial charge in [-0.1, -0.05) is 43.0 Å². The fourth-order valence-corrected chi connectivity index (χ4v) is 4.83. The number of sulfonamides is 1. The van der Waals surface area contributed by atoms with Crippen LogP contribution in [0, 0.1) is 0 Å². The van der Waals surface area contributed by atoms with E-state index >= 15 is 0 Å². The molecule has 150 valence electrons. The quantitative estimate of drug-likeness (QED) is 0.748. The fourth-order valence-electron chi connectivity index (χ4n) is 3.59. The highest BCUT2D eigenvalue weighted by atomic mass is 35.5. The number of nitrogens with one attached hydrogen (secondary N) is 1. The molecule has 1 aliphatic carbocycles. The Morgan fingerprint density at radius 3 is 2.29 bits per heavy atom. The van der Waals surface area contributed by atoms with Gasteiger partial charge in [0.2, 0.25) is 0 Å². The smallest absolute Gasteiger partial charge is 0.261 e. The van der Waals surface area contributed by atoms with Crippen molar-refractivity contribution in [3.05, 3.63) is 58.6 Å². The van der Waals surface area contributed by atoms with Crippen LogP contribution < -0.4 is 4.72 Å². The van der Waals surface area contributed by atoms with Crippen molar-refractivity contribution in [3.63, 3.8) is 0 Å². The molecule has 1 aliphatic rings. The first-order valence-corrected chi connectivity index (χ1v) is 11.3. The van der Waals surface area contributed by atoms with Crippen molar-refractivity contribution in [1.29, 1.82) is 0 Å². The third-order valence-corrected chi connectivity index (χ3v) is 6.75. The standard InChI is InChI=1S/C21H25ClN2O3S/c1-24(2)21(25)19-13-10-17(22)14-20(19)23-28(26,27)18-11-8-16(9-12-18)15-6-4-3-5-7-15/h8-15,23H,3-7H2,1-2H3. The van der Waals surface area contributed by atoms with E-state index in [0.29, 0.717) is 10.9 Å². The summed E-state index contributed by atoms with van der Waals surface area (Å²) in [4.78, 5) is 13.9. The third kappa shape index (κ3) is 4.67. The molecule has 3 rings (SSSR count). The average Bonchev–Trinajstić information content (AvgIpc) is 2.68. The molecule has 0 saturated heterocycles. The molecule has 0 aliphatic heterocycles. The molecule has 0 aromatic heterocycles. The highest BCUT2D eigenvalue weighted by molar-refractivity contribution is 7.92. The lowest BCUT2D eigenvalue weighted by Gasteiger charge is -2.22. The second kappa shape index (κ2) is 8.53. The number of hydrogen-bond acceptors (Lipinski definition) is 3. The number of halogens is 1. The molecule has 0 spiro atoms. The van der Waals surface area contributed by atoms with Gasteiger partial charge in [0, 0.05) is 19.1 Å². The van der Waals surface area contributed by atoms with Gasteiger partial charge >= 0.3 is 0 Å². The van der Waals surface area contributed by atoms with Crippen LogP contribution in [0.1, 0.15) is 53.9 Å². The molecule has 7 heteroatoms. The zero-order valence-electron chi connectivity index (χ0n) is 16.1. The molecule has 28 heavy (non-hydrogen) atoms. The summed E-state index contributed by atoms with van der Waals surface area (Å²) < 4.78 is 28.3. The summed E-state index contributed by atoms with van der Waals surface area (Å²) in [6, 6.07) is 11.6. The van der Waals surface area contributed by atoms with Crippen LogP contribution in [-0.4, -0.2) is 33.3 Å². The normalized spacial score (nSPS) is 15.2. The van der Waals surface area contributed by atoms with E-state index in [9.17, 15) is 13.2 Å². The van der Waals surface area contributed by atoms with E-state index in [0.717, 1.165) is 12.8 Å².